The Bertz CT molecular complexity index is 2180. The number of piperazine rings is 1. The Morgan fingerprint density at radius 2 is 1.43 bits per heavy atom. The van der Waals surface area contributed by atoms with Gasteiger partial charge in [0, 0.05) is 61.4 Å². The van der Waals surface area contributed by atoms with Gasteiger partial charge in [-0.3, -0.25) is 19.2 Å². The van der Waals surface area contributed by atoms with E-state index in [0.29, 0.717) is 54.9 Å². The summed E-state index contributed by atoms with van der Waals surface area (Å²) in [6.45, 7) is 4.63. The molecule has 0 aliphatic carbocycles. The molecule has 4 aromatic carbocycles. The van der Waals surface area contributed by atoms with E-state index in [1.54, 1.807) is 29.2 Å². The summed E-state index contributed by atoms with van der Waals surface area (Å²) < 4.78 is 50.4. The van der Waals surface area contributed by atoms with Crippen molar-refractivity contribution in [3.8, 4) is 11.1 Å². The van der Waals surface area contributed by atoms with Crippen LogP contribution in [-0.2, 0) is 22.4 Å². The second kappa shape index (κ2) is 18.6. The van der Waals surface area contributed by atoms with Crippen molar-refractivity contribution in [3.05, 3.63) is 130 Å². The summed E-state index contributed by atoms with van der Waals surface area (Å²) in [5, 5.41) is 14.4. The molecule has 304 valence electrons. The molecule has 2 saturated heterocycles. The van der Waals surface area contributed by atoms with Gasteiger partial charge in [-0.15, -0.1) is 0 Å². The van der Waals surface area contributed by atoms with Crippen molar-refractivity contribution in [2.24, 2.45) is 11.1 Å². The number of nitrogens with one attached hydrogen (secondary N) is 3. The van der Waals surface area contributed by atoms with Crippen molar-refractivity contribution in [2.75, 3.05) is 59.0 Å². The highest BCUT2D eigenvalue weighted by Gasteiger charge is 2.38. The van der Waals surface area contributed by atoms with E-state index in [4.69, 9.17) is 15.9 Å². The minimum atomic E-state index is -0.932. The monoisotopic (exact) mass is 796 g/mol. The molecule has 0 spiro atoms. The quantitative estimate of drug-likeness (QED) is 0.0909. The van der Waals surface area contributed by atoms with E-state index in [-0.39, 0.29) is 73.9 Å². The van der Waals surface area contributed by atoms with Crippen LogP contribution in [0.25, 0.3) is 11.1 Å². The molecule has 0 aromatic heterocycles. The third-order valence-electron chi connectivity index (χ3n) is 10.9. The average molecular weight is 797 g/mol. The number of halogens is 3. The van der Waals surface area contributed by atoms with Crippen molar-refractivity contribution in [1.29, 1.82) is 5.41 Å². The molecule has 0 radical (unpaired) electrons. The summed E-state index contributed by atoms with van der Waals surface area (Å²) in [7, 11) is 0. The van der Waals surface area contributed by atoms with Crippen molar-refractivity contribution < 1.29 is 37.1 Å². The summed E-state index contributed by atoms with van der Waals surface area (Å²) in [4.78, 5) is 54.2. The lowest BCUT2D eigenvalue weighted by atomic mass is 9.79. The third kappa shape index (κ3) is 9.80. The number of carbonyl (C=O) groups is 4. The first-order chi connectivity index (χ1) is 27.9. The Kier molecular flexibility index (Phi) is 13.4. The van der Waals surface area contributed by atoms with Crippen LogP contribution in [0.2, 0.25) is 0 Å². The SMILES string of the molecule is CCc1cccc(-c2cc(F)c(C(=O)NCCC3(CCNCC(=O)N4CCN(C(=O)c5cc(CC(=N)c6ccccc6C(N)=O)ccc5F)CC4)COC3)c(F)c2)c1. The van der Waals surface area contributed by atoms with Gasteiger partial charge >= 0.3 is 0 Å². The second-order valence-electron chi connectivity index (χ2n) is 14.8. The van der Waals surface area contributed by atoms with Crippen molar-refractivity contribution >= 4 is 29.3 Å². The van der Waals surface area contributed by atoms with Gasteiger partial charge in [0.1, 0.15) is 23.0 Å². The average Bonchev–Trinajstić information content (AvgIpc) is 3.21. The number of primary amides is 1. The maximum atomic E-state index is 15.0. The molecule has 0 unspecified atom stereocenters. The summed E-state index contributed by atoms with van der Waals surface area (Å²) >= 11 is 0. The number of nitrogens with two attached hydrogens (primary N) is 1. The lowest BCUT2D eigenvalue weighted by molar-refractivity contribution is -0.132. The number of ether oxygens (including phenoxy) is 1. The van der Waals surface area contributed by atoms with Crippen LogP contribution in [0.4, 0.5) is 13.2 Å². The van der Waals surface area contributed by atoms with Crippen LogP contribution in [0.15, 0.2) is 78.9 Å². The molecular weight excluding hydrogens is 750 g/mol. The topological polar surface area (TPSA) is 158 Å². The van der Waals surface area contributed by atoms with Gasteiger partial charge in [-0.05, 0) is 78.4 Å². The first-order valence-electron chi connectivity index (χ1n) is 19.3. The number of benzene rings is 4. The summed E-state index contributed by atoms with van der Waals surface area (Å²) in [6.07, 6.45) is 2.00. The molecule has 2 aliphatic heterocycles. The highest BCUT2D eigenvalue weighted by Crippen LogP contribution is 2.34. The van der Waals surface area contributed by atoms with E-state index in [2.05, 4.69) is 10.6 Å². The molecule has 5 N–H and O–H groups in total. The fourth-order valence-corrected chi connectivity index (χ4v) is 7.36. The van der Waals surface area contributed by atoms with E-state index in [0.717, 1.165) is 12.0 Å². The maximum Gasteiger partial charge on any atom is 0.257 e. The smallest absolute Gasteiger partial charge is 0.257 e. The zero-order valence-electron chi connectivity index (χ0n) is 32.3. The first-order valence-corrected chi connectivity index (χ1v) is 19.3. The number of nitrogens with zero attached hydrogens (tertiary/aromatic N) is 2. The van der Waals surface area contributed by atoms with E-state index in [1.165, 1.54) is 41.3 Å². The molecule has 2 heterocycles. The molecule has 14 heteroatoms. The van der Waals surface area contributed by atoms with E-state index < -0.39 is 40.7 Å². The van der Waals surface area contributed by atoms with Crippen LogP contribution in [0, 0.1) is 28.3 Å². The summed E-state index contributed by atoms with van der Waals surface area (Å²) in [5.41, 5.74) is 7.69. The number of hydrogen-bond acceptors (Lipinski definition) is 7. The predicted molar refractivity (Wildman–Crippen MR) is 213 cm³/mol. The van der Waals surface area contributed by atoms with Crippen LogP contribution < -0.4 is 16.4 Å². The highest BCUT2D eigenvalue weighted by atomic mass is 19.1. The van der Waals surface area contributed by atoms with Crippen LogP contribution in [-0.4, -0.2) is 98.2 Å². The van der Waals surface area contributed by atoms with Gasteiger partial charge in [0.05, 0.1) is 25.3 Å². The van der Waals surface area contributed by atoms with Crippen molar-refractivity contribution in [3.63, 3.8) is 0 Å². The summed E-state index contributed by atoms with van der Waals surface area (Å²) in [5.74, 6) is -4.71. The molecule has 4 aromatic rings. The van der Waals surface area contributed by atoms with Gasteiger partial charge in [-0.1, -0.05) is 55.5 Å². The molecule has 0 saturated carbocycles. The van der Waals surface area contributed by atoms with Crippen molar-refractivity contribution in [1.82, 2.24) is 20.4 Å². The molecule has 0 atom stereocenters. The van der Waals surface area contributed by atoms with Gasteiger partial charge in [-0.25, -0.2) is 13.2 Å². The van der Waals surface area contributed by atoms with Gasteiger partial charge in [0.25, 0.3) is 11.8 Å². The molecule has 2 fully saturated rings. The maximum absolute atomic E-state index is 15.0. The van der Waals surface area contributed by atoms with Crippen LogP contribution in [0.5, 0.6) is 0 Å². The lowest BCUT2D eigenvalue weighted by Crippen LogP contribution is -2.52. The van der Waals surface area contributed by atoms with Gasteiger partial charge in [0.15, 0.2) is 0 Å². The predicted octanol–water partition coefficient (Wildman–Crippen LogP) is 5.14. The Morgan fingerprint density at radius 1 is 0.759 bits per heavy atom. The Balaban J connectivity index is 0.928. The number of rotatable bonds is 16. The van der Waals surface area contributed by atoms with Crippen molar-refractivity contribution in [2.45, 2.75) is 32.6 Å². The van der Waals surface area contributed by atoms with Gasteiger partial charge in [0.2, 0.25) is 11.8 Å². The lowest BCUT2D eigenvalue weighted by Gasteiger charge is -2.42. The molecule has 11 nitrogen and oxygen atoms in total. The normalized spacial score (nSPS) is 14.8. The van der Waals surface area contributed by atoms with Crippen LogP contribution >= 0.6 is 0 Å². The first kappa shape index (κ1) is 41.8. The van der Waals surface area contributed by atoms with E-state index >= 15 is 8.78 Å². The van der Waals surface area contributed by atoms with E-state index in [1.807, 2.05) is 25.1 Å². The highest BCUT2D eigenvalue weighted by molar-refractivity contribution is 6.09. The number of carbonyl (C=O) groups excluding carboxylic acids is 4. The molecule has 6 rings (SSSR count). The summed E-state index contributed by atoms with van der Waals surface area (Å²) in [6, 6.07) is 20.3. The van der Waals surface area contributed by atoms with Crippen LogP contribution in [0.1, 0.15) is 67.5 Å². The Hall–Kier alpha value is -5.86. The minimum absolute atomic E-state index is 0.0535. The largest absolute Gasteiger partial charge is 0.380 e. The van der Waals surface area contributed by atoms with Gasteiger partial charge in [-0.2, -0.15) is 0 Å². The molecule has 2 aliphatic rings. The van der Waals surface area contributed by atoms with Crippen LogP contribution in [0.3, 0.4) is 0 Å². The number of hydrogen-bond donors (Lipinski definition) is 4. The number of amides is 4. The number of aryl methyl sites for hydroxylation is 1. The fourth-order valence-electron chi connectivity index (χ4n) is 7.36. The Morgan fingerprint density at radius 3 is 2.09 bits per heavy atom. The van der Waals surface area contributed by atoms with E-state index in [9.17, 15) is 23.6 Å². The molecular formula is C44H47F3N6O5. The Labute approximate surface area is 335 Å². The zero-order valence-corrected chi connectivity index (χ0v) is 32.3. The molecule has 4 amide bonds. The second-order valence-corrected chi connectivity index (χ2v) is 14.8. The molecule has 58 heavy (non-hydrogen) atoms. The zero-order chi connectivity index (χ0) is 41.4. The van der Waals surface area contributed by atoms with Gasteiger partial charge < -0.3 is 36.3 Å². The minimum Gasteiger partial charge on any atom is -0.380 e. The fraction of sp³-hybridized carbons (Fsp3) is 0.341. The third-order valence-corrected chi connectivity index (χ3v) is 10.9. The molecule has 0 bridgehead atoms. The standard InChI is InChI=1S/C44H47F3N6O5/c1-2-28-6-5-7-30(20-28)31-23-36(46)40(37(47)24-31)42(56)51-15-13-44(26-58-27-44)12-14-50-25-39(54)52-16-18-53(19-17-52)43(57)34-21-29(10-11-35(34)45)22-38(48)32-8-3-4-9-33(32)41(49)55/h3-11,20-21,23-24,48,50H,2,12-19,22,25-27H2,1H3,(H2,49,55)(H,51,56).